The van der Waals surface area contributed by atoms with Crippen LogP contribution in [0.25, 0.3) is 0 Å². The summed E-state index contributed by atoms with van der Waals surface area (Å²) in [5.74, 6) is 0.600. The van der Waals surface area contributed by atoms with E-state index < -0.39 is 5.60 Å². The third kappa shape index (κ3) is 2.62. The monoisotopic (exact) mass is 212 g/mol. The molecule has 0 aromatic heterocycles. The number of ether oxygens (including phenoxy) is 1. The van der Waals surface area contributed by atoms with Crippen LogP contribution in [-0.2, 0) is 4.74 Å². The van der Waals surface area contributed by atoms with Gasteiger partial charge in [0.25, 0.3) is 0 Å². The zero-order valence-corrected chi connectivity index (χ0v) is 9.67. The average molecular weight is 212 g/mol. The Morgan fingerprint density at radius 1 is 1.40 bits per heavy atom. The molecular weight excluding hydrogens is 192 g/mol. The molecule has 4 heteroatoms. The van der Waals surface area contributed by atoms with Crippen molar-refractivity contribution in [2.45, 2.75) is 51.3 Å². The Morgan fingerprint density at radius 3 is 2.60 bits per heavy atom. The standard InChI is InChI=1S/C11H20N2O2/c1-11(2,3)15-10(14)13-9-5-8-4-7(9)6-12-8/h7-9,12H,4-6H2,1-3H3,(H,13,14)/t7?,8-,9?/m1/s1. The summed E-state index contributed by atoms with van der Waals surface area (Å²) in [6, 6.07) is 0.918. The van der Waals surface area contributed by atoms with Gasteiger partial charge in [0.2, 0.25) is 0 Å². The Bertz CT molecular complexity index is 260. The average Bonchev–Trinajstić information content (AvgIpc) is 2.60. The third-order valence-electron chi connectivity index (χ3n) is 3.07. The summed E-state index contributed by atoms with van der Waals surface area (Å²) < 4.78 is 5.24. The summed E-state index contributed by atoms with van der Waals surface area (Å²) in [6.07, 6.45) is 1.96. The lowest BCUT2D eigenvalue weighted by molar-refractivity contribution is 0.0490. The minimum absolute atomic E-state index is 0.278. The molecule has 1 saturated heterocycles. The maximum Gasteiger partial charge on any atom is 0.407 e. The molecule has 1 amide bonds. The molecular formula is C11H20N2O2. The van der Waals surface area contributed by atoms with Crippen molar-refractivity contribution in [1.82, 2.24) is 10.6 Å². The van der Waals surface area contributed by atoms with Gasteiger partial charge < -0.3 is 15.4 Å². The molecule has 1 saturated carbocycles. The van der Waals surface area contributed by atoms with E-state index in [0.717, 1.165) is 13.0 Å². The van der Waals surface area contributed by atoms with Crippen molar-refractivity contribution in [2.75, 3.05) is 6.54 Å². The number of carbonyl (C=O) groups excluding carboxylic acids is 1. The summed E-state index contributed by atoms with van der Waals surface area (Å²) in [5.41, 5.74) is -0.403. The van der Waals surface area contributed by atoms with Crippen molar-refractivity contribution in [3.63, 3.8) is 0 Å². The van der Waals surface area contributed by atoms with Gasteiger partial charge in [-0.3, -0.25) is 0 Å². The number of fused-ring (bicyclic) bond motifs is 2. The highest BCUT2D eigenvalue weighted by Gasteiger charge is 2.40. The normalized spacial score (nSPS) is 34.2. The van der Waals surface area contributed by atoms with E-state index in [0.29, 0.717) is 18.0 Å². The molecule has 2 aliphatic rings. The first kappa shape index (κ1) is 10.7. The SMILES string of the molecule is CC(C)(C)OC(=O)NC1C[C@H]2CC1CN2. The fraction of sp³-hybridized carbons (Fsp3) is 0.909. The van der Waals surface area contributed by atoms with Gasteiger partial charge in [0.05, 0.1) is 0 Å². The van der Waals surface area contributed by atoms with Crippen LogP contribution < -0.4 is 10.6 Å². The van der Waals surface area contributed by atoms with Gasteiger partial charge in [-0.2, -0.15) is 0 Å². The molecule has 2 rings (SSSR count). The minimum atomic E-state index is -0.403. The quantitative estimate of drug-likeness (QED) is 0.688. The highest BCUT2D eigenvalue weighted by atomic mass is 16.6. The van der Waals surface area contributed by atoms with Crippen LogP contribution in [0.15, 0.2) is 0 Å². The fourth-order valence-corrected chi connectivity index (χ4v) is 2.47. The second-order valence-corrected chi connectivity index (χ2v) is 5.59. The van der Waals surface area contributed by atoms with E-state index in [1.807, 2.05) is 20.8 Å². The third-order valence-corrected chi connectivity index (χ3v) is 3.07. The Balaban J connectivity index is 1.80. The van der Waals surface area contributed by atoms with E-state index >= 15 is 0 Å². The van der Waals surface area contributed by atoms with Crippen molar-refractivity contribution in [3.05, 3.63) is 0 Å². The number of carbonyl (C=O) groups is 1. The first-order chi connectivity index (χ1) is 6.94. The van der Waals surface area contributed by atoms with Crippen molar-refractivity contribution in [2.24, 2.45) is 5.92 Å². The van der Waals surface area contributed by atoms with Crippen LogP contribution in [0, 0.1) is 5.92 Å². The molecule has 0 radical (unpaired) electrons. The lowest BCUT2D eigenvalue weighted by Gasteiger charge is -2.26. The number of rotatable bonds is 1. The summed E-state index contributed by atoms with van der Waals surface area (Å²) in [6.45, 7) is 6.68. The van der Waals surface area contributed by atoms with E-state index in [1.54, 1.807) is 0 Å². The van der Waals surface area contributed by atoms with Gasteiger partial charge in [-0.25, -0.2) is 4.79 Å². The molecule has 1 aliphatic carbocycles. The zero-order valence-electron chi connectivity index (χ0n) is 9.67. The van der Waals surface area contributed by atoms with E-state index in [4.69, 9.17) is 4.74 Å². The number of hydrogen-bond donors (Lipinski definition) is 2. The van der Waals surface area contributed by atoms with E-state index in [2.05, 4.69) is 10.6 Å². The van der Waals surface area contributed by atoms with Gasteiger partial charge in [-0.05, 0) is 39.5 Å². The van der Waals surface area contributed by atoms with E-state index in [1.165, 1.54) is 6.42 Å². The van der Waals surface area contributed by atoms with Gasteiger partial charge >= 0.3 is 6.09 Å². The smallest absolute Gasteiger partial charge is 0.407 e. The van der Waals surface area contributed by atoms with Crippen LogP contribution in [0.4, 0.5) is 4.79 Å². The molecule has 86 valence electrons. The van der Waals surface area contributed by atoms with Crippen molar-refractivity contribution in [3.8, 4) is 0 Å². The van der Waals surface area contributed by atoms with Gasteiger partial charge in [0.1, 0.15) is 5.60 Å². The topological polar surface area (TPSA) is 50.4 Å². The molecule has 2 N–H and O–H groups in total. The van der Waals surface area contributed by atoms with E-state index in [-0.39, 0.29) is 6.09 Å². The summed E-state index contributed by atoms with van der Waals surface area (Å²) in [5, 5.41) is 6.38. The van der Waals surface area contributed by atoms with Crippen molar-refractivity contribution >= 4 is 6.09 Å². The largest absolute Gasteiger partial charge is 0.444 e. The maximum atomic E-state index is 11.5. The van der Waals surface area contributed by atoms with Crippen LogP contribution in [0.3, 0.4) is 0 Å². The first-order valence-corrected chi connectivity index (χ1v) is 5.67. The highest BCUT2D eigenvalue weighted by Crippen LogP contribution is 2.31. The summed E-state index contributed by atoms with van der Waals surface area (Å²) >= 11 is 0. The Hall–Kier alpha value is -0.770. The molecule has 4 nitrogen and oxygen atoms in total. The molecule has 0 spiro atoms. The minimum Gasteiger partial charge on any atom is -0.444 e. The zero-order chi connectivity index (χ0) is 11.1. The van der Waals surface area contributed by atoms with Crippen molar-refractivity contribution < 1.29 is 9.53 Å². The lowest BCUT2D eigenvalue weighted by Crippen LogP contribution is -2.45. The summed E-state index contributed by atoms with van der Waals surface area (Å²) in [4.78, 5) is 11.5. The molecule has 2 unspecified atom stereocenters. The predicted molar refractivity (Wildman–Crippen MR) is 57.7 cm³/mol. The molecule has 2 fully saturated rings. The van der Waals surface area contributed by atoms with E-state index in [9.17, 15) is 4.79 Å². The highest BCUT2D eigenvalue weighted by molar-refractivity contribution is 5.68. The first-order valence-electron chi connectivity index (χ1n) is 5.67. The van der Waals surface area contributed by atoms with Crippen LogP contribution in [0.5, 0.6) is 0 Å². The Kier molecular flexibility index (Phi) is 2.63. The van der Waals surface area contributed by atoms with Gasteiger partial charge in [-0.15, -0.1) is 0 Å². The molecule has 15 heavy (non-hydrogen) atoms. The van der Waals surface area contributed by atoms with Crippen LogP contribution in [0.1, 0.15) is 33.6 Å². The second kappa shape index (κ2) is 3.67. The van der Waals surface area contributed by atoms with Crippen LogP contribution in [-0.4, -0.2) is 30.3 Å². The number of nitrogens with one attached hydrogen (secondary N) is 2. The maximum absolute atomic E-state index is 11.5. The van der Waals surface area contributed by atoms with Gasteiger partial charge in [-0.1, -0.05) is 0 Å². The number of hydrogen-bond acceptors (Lipinski definition) is 3. The lowest BCUT2D eigenvalue weighted by atomic mass is 10.0. The molecule has 1 heterocycles. The Morgan fingerprint density at radius 2 is 2.13 bits per heavy atom. The number of alkyl carbamates (subject to hydrolysis) is 1. The second-order valence-electron chi connectivity index (χ2n) is 5.59. The fourth-order valence-electron chi connectivity index (χ4n) is 2.47. The van der Waals surface area contributed by atoms with Crippen molar-refractivity contribution in [1.29, 1.82) is 0 Å². The molecule has 3 atom stereocenters. The van der Waals surface area contributed by atoms with Crippen LogP contribution >= 0.6 is 0 Å². The molecule has 2 bridgehead atoms. The number of amides is 1. The van der Waals surface area contributed by atoms with Gasteiger partial charge in [0.15, 0.2) is 0 Å². The molecule has 0 aromatic carbocycles. The Labute approximate surface area is 90.8 Å². The predicted octanol–water partition coefficient (Wildman–Crippen LogP) is 1.26. The van der Waals surface area contributed by atoms with Gasteiger partial charge in [0, 0.05) is 18.6 Å². The molecule has 1 aliphatic heterocycles. The van der Waals surface area contributed by atoms with Crippen LogP contribution in [0.2, 0.25) is 0 Å². The number of piperidine rings is 1. The summed E-state index contributed by atoms with van der Waals surface area (Å²) in [7, 11) is 0. The molecule has 0 aromatic rings.